The van der Waals surface area contributed by atoms with E-state index in [1.54, 1.807) is 20.8 Å². The summed E-state index contributed by atoms with van der Waals surface area (Å²) in [7, 11) is 0. The molecule has 0 aromatic heterocycles. The van der Waals surface area contributed by atoms with E-state index in [9.17, 15) is 14.0 Å². The Kier molecular flexibility index (Phi) is 4.28. The van der Waals surface area contributed by atoms with Gasteiger partial charge in [-0.3, -0.25) is 0 Å². The van der Waals surface area contributed by atoms with Crippen molar-refractivity contribution in [1.82, 2.24) is 5.32 Å². The molecule has 0 saturated heterocycles. The van der Waals surface area contributed by atoms with Crippen LogP contribution in [0.3, 0.4) is 0 Å². The molecule has 0 fully saturated rings. The normalized spacial score (nSPS) is 14.1. The Labute approximate surface area is 94.0 Å². The van der Waals surface area contributed by atoms with Crippen LogP contribution in [0.2, 0.25) is 0 Å². The van der Waals surface area contributed by atoms with Crippen LogP contribution in [0.5, 0.6) is 0 Å². The van der Waals surface area contributed by atoms with Crippen molar-refractivity contribution in [2.75, 3.05) is 0 Å². The highest BCUT2D eigenvalue weighted by molar-refractivity contribution is 5.81. The van der Waals surface area contributed by atoms with Gasteiger partial charge in [0.05, 0.1) is 0 Å². The Morgan fingerprint density at radius 3 is 1.94 bits per heavy atom. The molecule has 6 heteroatoms. The first-order valence-electron chi connectivity index (χ1n) is 4.85. The molecule has 0 saturated carbocycles. The number of ether oxygens (including phenoxy) is 1. The molecule has 0 aliphatic heterocycles. The number of hydrogen-bond donors (Lipinski definition) is 2. The second kappa shape index (κ2) is 4.67. The molecule has 0 rings (SSSR count). The van der Waals surface area contributed by atoms with Crippen LogP contribution >= 0.6 is 0 Å². The molecule has 16 heavy (non-hydrogen) atoms. The lowest BCUT2D eigenvalue weighted by Gasteiger charge is -2.26. The van der Waals surface area contributed by atoms with Crippen LogP contribution in [0.15, 0.2) is 0 Å². The number of alkyl halides is 1. The molecule has 0 spiro atoms. The molecule has 0 unspecified atom stereocenters. The van der Waals surface area contributed by atoms with Gasteiger partial charge in [-0.15, -0.1) is 0 Å². The summed E-state index contributed by atoms with van der Waals surface area (Å²) in [4.78, 5) is 22.0. The van der Waals surface area contributed by atoms with Gasteiger partial charge < -0.3 is 15.2 Å². The summed E-state index contributed by atoms with van der Waals surface area (Å²) >= 11 is 0. The van der Waals surface area contributed by atoms with E-state index < -0.39 is 29.4 Å². The number of rotatable bonds is 3. The number of nitrogens with one attached hydrogen (secondary N) is 1. The van der Waals surface area contributed by atoms with Crippen LogP contribution in [0.1, 0.15) is 34.6 Å². The third-order valence-corrected chi connectivity index (χ3v) is 1.59. The summed E-state index contributed by atoms with van der Waals surface area (Å²) < 4.78 is 18.3. The Morgan fingerprint density at radius 2 is 1.69 bits per heavy atom. The van der Waals surface area contributed by atoms with Gasteiger partial charge in [0.15, 0.2) is 6.04 Å². The number of amides is 1. The number of halogens is 1. The molecule has 0 radical (unpaired) electrons. The molecule has 0 aromatic rings. The molecule has 2 N–H and O–H groups in total. The second-order valence-corrected chi connectivity index (χ2v) is 4.98. The van der Waals surface area contributed by atoms with E-state index in [4.69, 9.17) is 9.84 Å². The molecule has 5 nitrogen and oxygen atoms in total. The molecule has 0 aliphatic carbocycles. The number of alkyl carbamates (subject to hydrolysis) is 1. The van der Waals surface area contributed by atoms with Crippen molar-refractivity contribution in [1.29, 1.82) is 0 Å². The third-order valence-electron chi connectivity index (χ3n) is 1.59. The number of carboxylic acid groups (broad SMARTS) is 1. The zero-order valence-corrected chi connectivity index (χ0v) is 10.1. The van der Waals surface area contributed by atoms with Gasteiger partial charge in [-0.25, -0.2) is 14.0 Å². The fourth-order valence-corrected chi connectivity index (χ4v) is 0.952. The number of carbonyl (C=O) groups excluding carboxylic acids is 1. The summed E-state index contributed by atoms with van der Waals surface area (Å²) in [5, 5.41) is 10.7. The van der Waals surface area contributed by atoms with Crippen molar-refractivity contribution in [2.24, 2.45) is 0 Å². The van der Waals surface area contributed by atoms with Gasteiger partial charge in [0.1, 0.15) is 11.3 Å². The van der Waals surface area contributed by atoms with E-state index in [0.29, 0.717) is 0 Å². The number of hydrogen-bond acceptors (Lipinski definition) is 3. The predicted molar refractivity (Wildman–Crippen MR) is 56.0 cm³/mol. The van der Waals surface area contributed by atoms with E-state index in [0.717, 1.165) is 13.8 Å². The Morgan fingerprint density at radius 1 is 1.25 bits per heavy atom. The minimum Gasteiger partial charge on any atom is -0.480 e. The number of carboxylic acids is 1. The maximum absolute atomic E-state index is 13.4. The number of aliphatic carboxylic acids is 1. The smallest absolute Gasteiger partial charge is 0.408 e. The van der Waals surface area contributed by atoms with Gasteiger partial charge in [-0.2, -0.15) is 0 Å². The molecular formula is C10H18FNO4. The van der Waals surface area contributed by atoms with E-state index >= 15 is 0 Å². The second-order valence-electron chi connectivity index (χ2n) is 4.98. The van der Waals surface area contributed by atoms with Crippen LogP contribution in [0, 0.1) is 0 Å². The average Bonchev–Trinajstić information content (AvgIpc) is 1.93. The molecule has 0 heterocycles. The topological polar surface area (TPSA) is 75.6 Å². The van der Waals surface area contributed by atoms with Crippen molar-refractivity contribution in [3.8, 4) is 0 Å². The van der Waals surface area contributed by atoms with Crippen molar-refractivity contribution < 1.29 is 23.8 Å². The van der Waals surface area contributed by atoms with E-state index in [2.05, 4.69) is 0 Å². The van der Waals surface area contributed by atoms with Crippen LogP contribution in [0.25, 0.3) is 0 Å². The van der Waals surface area contributed by atoms with E-state index in [-0.39, 0.29) is 0 Å². The van der Waals surface area contributed by atoms with E-state index in [1.165, 1.54) is 0 Å². The first-order chi connectivity index (χ1) is 6.93. The molecule has 0 aliphatic rings. The predicted octanol–water partition coefficient (Wildman–Crippen LogP) is 1.71. The van der Waals surface area contributed by atoms with Gasteiger partial charge in [-0.1, -0.05) is 0 Å². The minimum atomic E-state index is -2.07. The molecule has 94 valence electrons. The Bertz CT molecular complexity index is 278. The standard InChI is InChI=1S/C10H18FNO4/c1-9(2,3)16-8(15)12-6(7(13)14)10(4,5)11/h6H,1-5H3,(H,12,15)(H,13,14)/t6-/m0/s1. The van der Waals surface area contributed by atoms with Crippen molar-refractivity contribution in [2.45, 2.75) is 51.9 Å². The highest BCUT2D eigenvalue weighted by Gasteiger charge is 2.37. The summed E-state index contributed by atoms with van der Waals surface area (Å²) in [6, 6.07) is -1.64. The van der Waals surface area contributed by atoms with Gasteiger partial charge in [0, 0.05) is 0 Å². The van der Waals surface area contributed by atoms with Crippen molar-refractivity contribution in [3.05, 3.63) is 0 Å². The maximum atomic E-state index is 13.4. The largest absolute Gasteiger partial charge is 0.480 e. The average molecular weight is 235 g/mol. The van der Waals surface area contributed by atoms with Gasteiger partial charge in [0.25, 0.3) is 0 Å². The summed E-state index contributed by atoms with van der Waals surface area (Å²) in [6.07, 6.45) is -0.953. The zero-order chi connectivity index (χ0) is 13.1. The molecular weight excluding hydrogens is 217 g/mol. The van der Waals surface area contributed by atoms with Gasteiger partial charge >= 0.3 is 12.1 Å². The summed E-state index contributed by atoms with van der Waals surface area (Å²) in [5.74, 6) is -1.45. The van der Waals surface area contributed by atoms with Crippen molar-refractivity contribution >= 4 is 12.1 Å². The minimum absolute atomic E-state index is 0.756. The Hall–Kier alpha value is -1.33. The lowest BCUT2D eigenvalue weighted by molar-refractivity contribution is -0.143. The maximum Gasteiger partial charge on any atom is 0.408 e. The van der Waals surface area contributed by atoms with Crippen LogP contribution in [0.4, 0.5) is 9.18 Å². The van der Waals surface area contributed by atoms with Crippen molar-refractivity contribution in [3.63, 3.8) is 0 Å². The summed E-state index contributed by atoms with van der Waals surface area (Å²) in [6.45, 7) is 7.03. The van der Waals surface area contributed by atoms with Crippen LogP contribution < -0.4 is 5.32 Å². The van der Waals surface area contributed by atoms with Crippen LogP contribution in [-0.2, 0) is 9.53 Å². The number of carbonyl (C=O) groups is 2. The third kappa shape index (κ3) is 5.53. The highest BCUT2D eigenvalue weighted by atomic mass is 19.1. The first kappa shape index (κ1) is 14.7. The molecule has 1 atom stereocenters. The monoisotopic (exact) mass is 235 g/mol. The highest BCUT2D eigenvalue weighted by Crippen LogP contribution is 2.15. The van der Waals surface area contributed by atoms with E-state index in [1.807, 2.05) is 5.32 Å². The quantitative estimate of drug-likeness (QED) is 0.780. The summed E-state index contributed by atoms with van der Waals surface area (Å²) in [5.41, 5.74) is -2.82. The van der Waals surface area contributed by atoms with Gasteiger partial charge in [0.2, 0.25) is 0 Å². The molecule has 0 bridgehead atoms. The molecule has 0 aromatic carbocycles. The Balaban J connectivity index is 4.56. The lowest BCUT2D eigenvalue weighted by atomic mass is 10.0. The van der Waals surface area contributed by atoms with Crippen LogP contribution in [-0.4, -0.2) is 34.5 Å². The first-order valence-corrected chi connectivity index (χ1v) is 4.85. The fraction of sp³-hybridized carbons (Fsp3) is 0.800. The zero-order valence-electron chi connectivity index (χ0n) is 10.1. The molecule has 1 amide bonds. The lowest BCUT2D eigenvalue weighted by Crippen LogP contribution is -2.53. The van der Waals surface area contributed by atoms with Gasteiger partial charge in [-0.05, 0) is 34.6 Å². The SMILES string of the molecule is CC(C)(C)OC(=O)N[C@@H](C(=O)O)C(C)(C)F. The fourth-order valence-electron chi connectivity index (χ4n) is 0.952.